The molecule has 9 heteroatoms. The van der Waals surface area contributed by atoms with E-state index in [0.717, 1.165) is 50.0 Å². The molecule has 2 aromatic rings. The highest BCUT2D eigenvalue weighted by Crippen LogP contribution is 2.46. The van der Waals surface area contributed by atoms with Gasteiger partial charge in [-0.2, -0.15) is 0 Å². The number of rotatable bonds is 5. The van der Waals surface area contributed by atoms with Crippen LogP contribution in [0.3, 0.4) is 0 Å². The Kier molecular flexibility index (Phi) is 5.05. The van der Waals surface area contributed by atoms with Gasteiger partial charge in [0.2, 0.25) is 5.91 Å². The molecule has 162 valence electrons. The number of nitrogens with zero attached hydrogens (tertiary/aromatic N) is 5. The maximum Gasteiger partial charge on any atom is 0.336 e. The summed E-state index contributed by atoms with van der Waals surface area (Å²) in [5.41, 5.74) is 3.19. The molecule has 5 rings (SSSR count). The Labute approximate surface area is 180 Å². The van der Waals surface area contributed by atoms with Gasteiger partial charge >= 0.3 is 5.97 Å². The molecule has 2 aliphatic heterocycles. The topological polar surface area (TPSA) is 102 Å². The monoisotopic (exact) mass is 422 g/mol. The number of likely N-dealkylation sites (tertiary alicyclic amines) is 1. The SMILES string of the molecule is CC1=C(N2CCC3(CCC(NCc4ccc(-n5cnnn5)cc4)CC3)C2=O)COC1=O. The van der Waals surface area contributed by atoms with Crippen molar-refractivity contribution in [3.63, 3.8) is 0 Å². The van der Waals surface area contributed by atoms with Crippen molar-refractivity contribution in [1.82, 2.24) is 30.4 Å². The van der Waals surface area contributed by atoms with Gasteiger partial charge < -0.3 is 15.0 Å². The second-order valence-corrected chi connectivity index (χ2v) is 8.71. The zero-order chi connectivity index (χ0) is 21.4. The molecular weight excluding hydrogens is 396 g/mol. The van der Waals surface area contributed by atoms with Crippen LogP contribution in [0.4, 0.5) is 0 Å². The Morgan fingerprint density at radius 2 is 1.94 bits per heavy atom. The minimum atomic E-state index is -0.303. The fourth-order valence-corrected chi connectivity index (χ4v) is 4.97. The number of hydrogen-bond donors (Lipinski definition) is 1. The van der Waals surface area contributed by atoms with E-state index in [9.17, 15) is 9.59 Å². The van der Waals surface area contributed by atoms with Gasteiger partial charge in [-0.05, 0) is 67.2 Å². The van der Waals surface area contributed by atoms with Crippen molar-refractivity contribution in [2.75, 3.05) is 13.2 Å². The fraction of sp³-hybridized carbons (Fsp3) is 0.500. The van der Waals surface area contributed by atoms with E-state index in [-0.39, 0.29) is 23.9 Å². The molecule has 3 aliphatic rings. The standard InChI is InChI=1S/C22H26N6O3/c1-15-19(13-31-20(15)29)27-11-10-22(21(27)30)8-6-17(7-9-22)23-12-16-2-4-18(5-3-16)28-14-24-25-26-28/h2-5,14,17,23H,6-13H2,1H3. The molecular formula is C22H26N6O3. The van der Waals surface area contributed by atoms with Gasteiger partial charge in [0.1, 0.15) is 12.9 Å². The maximum absolute atomic E-state index is 13.2. The highest BCUT2D eigenvalue weighted by Gasteiger charge is 2.50. The van der Waals surface area contributed by atoms with E-state index in [4.69, 9.17) is 4.74 Å². The van der Waals surface area contributed by atoms with Crippen LogP contribution in [0.5, 0.6) is 0 Å². The van der Waals surface area contributed by atoms with Crippen LogP contribution in [-0.4, -0.2) is 56.2 Å². The number of hydrogen-bond acceptors (Lipinski definition) is 7. The molecule has 1 aromatic carbocycles. The molecule has 3 heterocycles. The summed E-state index contributed by atoms with van der Waals surface area (Å²) in [6.45, 7) is 3.45. The fourth-order valence-electron chi connectivity index (χ4n) is 4.97. The van der Waals surface area contributed by atoms with Crippen molar-refractivity contribution in [2.24, 2.45) is 5.41 Å². The molecule has 0 atom stereocenters. The predicted octanol–water partition coefficient (Wildman–Crippen LogP) is 1.74. The van der Waals surface area contributed by atoms with Crippen LogP contribution in [0.15, 0.2) is 41.9 Å². The number of aromatic nitrogens is 4. The van der Waals surface area contributed by atoms with E-state index in [0.29, 0.717) is 18.2 Å². The van der Waals surface area contributed by atoms with Crippen molar-refractivity contribution in [1.29, 1.82) is 0 Å². The van der Waals surface area contributed by atoms with Gasteiger partial charge in [-0.1, -0.05) is 12.1 Å². The number of carbonyl (C=O) groups is 2. The van der Waals surface area contributed by atoms with Gasteiger partial charge in [0, 0.05) is 19.1 Å². The summed E-state index contributed by atoms with van der Waals surface area (Å²) in [4.78, 5) is 26.7. The van der Waals surface area contributed by atoms with Crippen LogP contribution in [0.25, 0.3) is 5.69 Å². The molecule has 1 saturated heterocycles. The number of ether oxygens (including phenoxy) is 1. The summed E-state index contributed by atoms with van der Waals surface area (Å²) < 4.78 is 6.74. The summed E-state index contributed by atoms with van der Waals surface area (Å²) in [5.74, 6) is -0.126. The number of nitrogens with one attached hydrogen (secondary N) is 1. The number of tetrazole rings is 1. The highest BCUT2D eigenvalue weighted by molar-refractivity contribution is 5.94. The lowest BCUT2D eigenvalue weighted by Gasteiger charge is -2.36. The Hall–Kier alpha value is -3.07. The summed E-state index contributed by atoms with van der Waals surface area (Å²) in [6.07, 6.45) is 6.18. The summed E-state index contributed by atoms with van der Waals surface area (Å²) in [6, 6.07) is 8.57. The minimum Gasteiger partial charge on any atom is -0.456 e. The smallest absolute Gasteiger partial charge is 0.336 e. The molecule has 1 amide bonds. The Bertz CT molecular complexity index is 1010. The normalized spacial score (nSPS) is 26.2. The summed E-state index contributed by atoms with van der Waals surface area (Å²) in [5, 5.41) is 14.9. The third kappa shape index (κ3) is 3.63. The summed E-state index contributed by atoms with van der Waals surface area (Å²) >= 11 is 0. The quantitative estimate of drug-likeness (QED) is 0.732. The van der Waals surface area contributed by atoms with E-state index in [1.165, 1.54) is 5.56 Å². The van der Waals surface area contributed by atoms with Gasteiger partial charge in [-0.15, -0.1) is 5.10 Å². The lowest BCUT2D eigenvalue weighted by atomic mass is 9.71. The first-order valence-corrected chi connectivity index (χ1v) is 10.8. The molecule has 1 aliphatic carbocycles. The van der Waals surface area contributed by atoms with Crippen molar-refractivity contribution < 1.29 is 14.3 Å². The molecule has 1 spiro atoms. The zero-order valence-corrected chi connectivity index (χ0v) is 17.6. The van der Waals surface area contributed by atoms with Gasteiger partial charge in [0.25, 0.3) is 0 Å². The number of cyclic esters (lactones) is 1. The average molecular weight is 422 g/mol. The largest absolute Gasteiger partial charge is 0.456 e. The molecule has 9 nitrogen and oxygen atoms in total. The summed E-state index contributed by atoms with van der Waals surface area (Å²) in [7, 11) is 0. The van der Waals surface area contributed by atoms with Crippen LogP contribution in [-0.2, 0) is 20.9 Å². The Balaban J connectivity index is 1.15. The Morgan fingerprint density at radius 1 is 1.16 bits per heavy atom. The van der Waals surface area contributed by atoms with Gasteiger partial charge in [0.05, 0.1) is 22.4 Å². The number of carbonyl (C=O) groups excluding carboxylic acids is 2. The third-order valence-corrected chi connectivity index (χ3v) is 7.01. The molecule has 1 N–H and O–H groups in total. The average Bonchev–Trinajstić information content (AvgIpc) is 3.51. The first-order chi connectivity index (χ1) is 15.1. The molecule has 0 bridgehead atoms. The zero-order valence-electron chi connectivity index (χ0n) is 17.6. The van der Waals surface area contributed by atoms with Crippen LogP contribution < -0.4 is 5.32 Å². The van der Waals surface area contributed by atoms with Crippen molar-refractivity contribution in [3.05, 3.63) is 47.4 Å². The third-order valence-electron chi connectivity index (χ3n) is 7.01. The predicted molar refractivity (Wildman–Crippen MR) is 111 cm³/mol. The minimum absolute atomic E-state index is 0.178. The molecule has 2 fully saturated rings. The Morgan fingerprint density at radius 3 is 2.58 bits per heavy atom. The van der Waals surface area contributed by atoms with E-state index >= 15 is 0 Å². The lowest BCUT2D eigenvalue weighted by molar-refractivity contribution is -0.138. The number of esters is 1. The van der Waals surface area contributed by atoms with E-state index in [1.54, 1.807) is 22.8 Å². The van der Waals surface area contributed by atoms with Crippen LogP contribution in [0.1, 0.15) is 44.6 Å². The van der Waals surface area contributed by atoms with Gasteiger partial charge in [-0.3, -0.25) is 4.79 Å². The van der Waals surface area contributed by atoms with Crippen LogP contribution in [0, 0.1) is 5.41 Å². The molecule has 0 unspecified atom stereocenters. The number of amides is 1. The van der Waals surface area contributed by atoms with Gasteiger partial charge in [-0.25, -0.2) is 9.48 Å². The van der Waals surface area contributed by atoms with E-state index in [2.05, 4.69) is 33.0 Å². The van der Waals surface area contributed by atoms with Crippen LogP contribution >= 0.6 is 0 Å². The van der Waals surface area contributed by atoms with Crippen LogP contribution in [0.2, 0.25) is 0 Å². The van der Waals surface area contributed by atoms with E-state index in [1.807, 2.05) is 12.1 Å². The van der Waals surface area contributed by atoms with Crippen molar-refractivity contribution in [2.45, 2.75) is 51.6 Å². The van der Waals surface area contributed by atoms with E-state index < -0.39 is 0 Å². The van der Waals surface area contributed by atoms with Crippen molar-refractivity contribution >= 4 is 11.9 Å². The first-order valence-electron chi connectivity index (χ1n) is 10.8. The molecule has 0 radical (unpaired) electrons. The highest BCUT2D eigenvalue weighted by atomic mass is 16.5. The molecule has 1 aromatic heterocycles. The second kappa shape index (κ2) is 7.88. The second-order valence-electron chi connectivity index (χ2n) is 8.71. The lowest BCUT2D eigenvalue weighted by Crippen LogP contribution is -2.42. The van der Waals surface area contributed by atoms with Gasteiger partial charge in [0.15, 0.2) is 0 Å². The molecule has 1 saturated carbocycles. The molecule has 31 heavy (non-hydrogen) atoms. The van der Waals surface area contributed by atoms with Crippen molar-refractivity contribution in [3.8, 4) is 5.69 Å². The number of benzene rings is 1. The first kappa shape index (κ1) is 19.9. The maximum atomic E-state index is 13.2.